The van der Waals surface area contributed by atoms with Crippen molar-refractivity contribution in [3.8, 4) is 10.6 Å². The normalized spacial score (nSPS) is 17.4. The van der Waals surface area contributed by atoms with Gasteiger partial charge in [-0.25, -0.2) is 4.98 Å². The van der Waals surface area contributed by atoms with E-state index in [0.717, 1.165) is 47.8 Å². The predicted octanol–water partition coefficient (Wildman–Crippen LogP) is 4.81. The van der Waals surface area contributed by atoms with Crippen LogP contribution in [0.2, 0.25) is 5.02 Å². The lowest BCUT2D eigenvalue weighted by Crippen LogP contribution is -2.50. The van der Waals surface area contributed by atoms with Gasteiger partial charge in [0.1, 0.15) is 10.7 Å². The molecule has 1 fully saturated rings. The molecule has 0 aliphatic carbocycles. The van der Waals surface area contributed by atoms with Gasteiger partial charge in [0.15, 0.2) is 5.13 Å². The molecule has 0 aromatic carbocycles. The average Bonchev–Trinajstić information content (AvgIpc) is 3.18. The Labute approximate surface area is 157 Å². The van der Waals surface area contributed by atoms with E-state index in [-0.39, 0.29) is 0 Å². The Kier molecular flexibility index (Phi) is 6.02. The number of halogens is 1. The minimum Gasteiger partial charge on any atom is -0.375 e. The number of nitrogens with zero attached hydrogens (tertiary/aromatic N) is 3. The second kappa shape index (κ2) is 8.04. The zero-order valence-electron chi connectivity index (χ0n) is 14.3. The summed E-state index contributed by atoms with van der Waals surface area (Å²) in [6.07, 6.45) is 3.79. The minimum absolute atomic E-state index is 0.629. The van der Waals surface area contributed by atoms with Crippen molar-refractivity contribution < 1.29 is 0 Å². The fourth-order valence-corrected chi connectivity index (χ4v) is 5.44. The van der Waals surface area contributed by atoms with Gasteiger partial charge in [-0.1, -0.05) is 43.2 Å². The minimum atomic E-state index is 0.629. The quantitative estimate of drug-likeness (QED) is 0.776. The second-order valence-electron chi connectivity index (χ2n) is 6.21. The van der Waals surface area contributed by atoms with Crippen LogP contribution in [-0.4, -0.2) is 42.1 Å². The molecule has 24 heavy (non-hydrogen) atoms. The molecule has 0 radical (unpaired) electrons. The van der Waals surface area contributed by atoms with Gasteiger partial charge in [-0.2, -0.15) is 0 Å². The van der Waals surface area contributed by atoms with Gasteiger partial charge in [-0.3, -0.25) is 4.90 Å². The van der Waals surface area contributed by atoms with E-state index in [9.17, 15) is 0 Å². The third-order valence-electron chi connectivity index (χ3n) is 4.64. The van der Waals surface area contributed by atoms with E-state index >= 15 is 0 Å². The van der Waals surface area contributed by atoms with Gasteiger partial charge in [-0.15, -0.1) is 11.3 Å². The first-order valence-electron chi connectivity index (χ1n) is 8.62. The van der Waals surface area contributed by atoms with Crippen molar-refractivity contribution >= 4 is 44.4 Å². The summed E-state index contributed by atoms with van der Waals surface area (Å²) in [6.45, 7) is 8.87. The van der Waals surface area contributed by atoms with Crippen molar-refractivity contribution in [2.75, 3.05) is 36.8 Å². The second-order valence-corrected chi connectivity index (χ2v) is 8.57. The molecule has 1 aliphatic heterocycles. The van der Waals surface area contributed by atoms with Crippen LogP contribution in [0, 0.1) is 0 Å². The first-order chi connectivity index (χ1) is 11.6. The van der Waals surface area contributed by atoms with E-state index in [1.165, 1.54) is 24.3 Å². The largest absolute Gasteiger partial charge is 0.375 e. The summed E-state index contributed by atoms with van der Waals surface area (Å²) in [5.41, 5.74) is 7.00. The highest BCUT2D eigenvalue weighted by molar-refractivity contribution is 7.20. The lowest BCUT2D eigenvalue weighted by molar-refractivity contribution is 0.171. The maximum Gasteiger partial charge on any atom is 0.182 e. The monoisotopic (exact) mass is 384 g/mol. The highest BCUT2D eigenvalue weighted by Gasteiger charge is 2.26. The van der Waals surface area contributed by atoms with Crippen LogP contribution in [0.4, 0.5) is 10.1 Å². The van der Waals surface area contributed by atoms with Gasteiger partial charge in [-0.05, 0) is 18.9 Å². The maximum atomic E-state index is 6.09. The molecule has 0 amide bonds. The number of thiazole rings is 1. The predicted molar refractivity (Wildman–Crippen MR) is 108 cm³/mol. The molecule has 1 aliphatic rings. The summed E-state index contributed by atoms with van der Waals surface area (Å²) in [5, 5.41) is 4.53. The Balaban J connectivity index is 1.73. The van der Waals surface area contributed by atoms with Crippen LogP contribution in [0.3, 0.4) is 0 Å². The van der Waals surface area contributed by atoms with Crippen molar-refractivity contribution in [3.05, 3.63) is 16.5 Å². The van der Waals surface area contributed by atoms with Gasteiger partial charge in [0, 0.05) is 37.6 Å². The number of anilines is 2. The van der Waals surface area contributed by atoms with Crippen LogP contribution in [-0.2, 0) is 0 Å². The van der Waals surface area contributed by atoms with Gasteiger partial charge < -0.3 is 10.6 Å². The number of rotatable bonds is 6. The number of nitrogens with two attached hydrogens (primary N) is 1. The van der Waals surface area contributed by atoms with Crippen molar-refractivity contribution in [1.82, 2.24) is 9.88 Å². The number of nitrogen functional groups attached to an aromatic ring is 1. The zero-order chi connectivity index (χ0) is 17.1. The van der Waals surface area contributed by atoms with Gasteiger partial charge >= 0.3 is 0 Å². The summed E-state index contributed by atoms with van der Waals surface area (Å²) in [6, 6.07) is 2.70. The lowest BCUT2D eigenvalue weighted by atomic mass is 10.1. The Morgan fingerprint density at radius 1 is 1.29 bits per heavy atom. The van der Waals surface area contributed by atoms with Gasteiger partial charge in [0.25, 0.3) is 0 Å². The molecule has 0 saturated carbocycles. The molecule has 2 aromatic rings. The van der Waals surface area contributed by atoms with Crippen molar-refractivity contribution in [1.29, 1.82) is 0 Å². The fraction of sp³-hybridized carbons (Fsp3) is 0.588. The molecule has 3 heterocycles. The van der Waals surface area contributed by atoms with Crippen LogP contribution < -0.4 is 10.6 Å². The van der Waals surface area contributed by atoms with E-state index < -0.39 is 0 Å². The van der Waals surface area contributed by atoms with Crippen molar-refractivity contribution in [3.63, 3.8) is 0 Å². The molecule has 0 spiro atoms. The van der Waals surface area contributed by atoms with Crippen LogP contribution in [0.5, 0.6) is 0 Å². The molecule has 0 bridgehead atoms. The summed E-state index contributed by atoms with van der Waals surface area (Å²) in [4.78, 5) is 10.7. The Bertz CT molecular complexity index is 661. The molecule has 4 nitrogen and oxygen atoms in total. The van der Waals surface area contributed by atoms with Crippen LogP contribution >= 0.6 is 34.3 Å². The number of aromatic nitrogens is 1. The molecule has 7 heteroatoms. The summed E-state index contributed by atoms with van der Waals surface area (Å²) >= 11 is 9.31. The Morgan fingerprint density at radius 2 is 2.04 bits per heavy atom. The first-order valence-corrected chi connectivity index (χ1v) is 10.7. The fourth-order valence-electron chi connectivity index (χ4n) is 3.41. The number of piperazine rings is 1. The van der Waals surface area contributed by atoms with Crippen LogP contribution in [0.15, 0.2) is 11.4 Å². The Hall–Kier alpha value is -0.820. The molecular weight excluding hydrogens is 360 g/mol. The Morgan fingerprint density at radius 3 is 2.62 bits per heavy atom. The lowest BCUT2D eigenvalue weighted by Gasteiger charge is -2.39. The van der Waals surface area contributed by atoms with Crippen molar-refractivity contribution in [2.45, 2.75) is 39.2 Å². The smallest absolute Gasteiger partial charge is 0.182 e. The van der Waals surface area contributed by atoms with E-state index in [0.29, 0.717) is 5.13 Å². The van der Waals surface area contributed by atoms with E-state index in [1.807, 2.05) is 11.4 Å². The van der Waals surface area contributed by atoms with Gasteiger partial charge in [0.05, 0.1) is 9.90 Å². The first kappa shape index (κ1) is 18.0. The highest BCUT2D eigenvalue weighted by Crippen LogP contribution is 2.41. The van der Waals surface area contributed by atoms with E-state index in [2.05, 4.69) is 28.6 Å². The zero-order valence-corrected chi connectivity index (χ0v) is 16.7. The van der Waals surface area contributed by atoms with E-state index in [4.69, 9.17) is 17.3 Å². The molecule has 1 unspecified atom stereocenters. The third kappa shape index (κ3) is 3.87. The third-order valence-corrected chi connectivity index (χ3v) is 6.87. The molecule has 132 valence electrons. The molecule has 3 rings (SSSR count). The SMILES string of the molecule is CCCC(CC)N1CCN(c2sc(N)nc2-c2cc(Cl)cs2)CC1. The number of hydrogen-bond acceptors (Lipinski definition) is 6. The highest BCUT2D eigenvalue weighted by atomic mass is 35.5. The van der Waals surface area contributed by atoms with Crippen molar-refractivity contribution in [2.24, 2.45) is 0 Å². The summed E-state index contributed by atoms with van der Waals surface area (Å²) in [5.74, 6) is 0. The van der Waals surface area contributed by atoms with Crippen LogP contribution in [0.25, 0.3) is 10.6 Å². The van der Waals surface area contributed by atoms with Crippen LogP contribution in [0.1, 0.15) is 33.1 Å². The van der Waals surface area contributed by atoms with Gasteiger partial charge in [0.2, 0.25) is 0 Å². The number of hydrogen-bond donors (Lipinski definition) is 1. The molecule has 1 atom stereocenters. The summed E-state index contributed by atoms with van der Waals surface area (Å²) < 4.78 is 0. The maximum absolute atomic E-state index is 6.09. The molecule has 1 saturated heterocycles. The summed E-state index contributed by atoms with van der Waals surface area (Å²) in [7, 11) is 0. The molecule has 2 N–H and O–H groups in total. The topological polar surface area (TPSA) is 45.4 Å². The molecule has 2 aromatic heterocycles. The van der Waals surface area contributed by atoms with E-state index in [1.54, 1.807) is 22.7 Å². The number of thiophene rings is 1. The average molecular weight is 385 g/mol. The molecular formula is C17H25ClN4S2. The standard InChI is InChI=1S/C17H25ClN4S2/c1-3-5-13(4-2)21-6-8-22(9-7-21)16-15(20-17(19)24-16)14-10-12(18)11-23-14/h10-11,13H,3-9H2,1-2H3,(H2,19,20).